The van der Waals surface area contributed by atoms with Crippen molar-refractivity contribution in [2.45, 2.75) is 33.2 Å². The summed E-state index contributed by atoms with van der Waals surface area (Å²) in [5, 5.41) is 0. The largest absolute Gasteiger partial charge is 0.325 e. The average molecular weight is 203 g/mol. The van der Waals surface area contributed by atoms with Crippen molar-refractivity contribution in [3.8, 4) is 0 Å². The van der Waals surface area contributed by atoms with Crippen molar-refractivity contribution < 1.29 is 0 Å². The molecule has 0 atom stereocenters. The van der Waals surface area contributed by atoms with Gasteiger partial charge in [0.1, 0.15) is 0 Å². The molecule has 3 heteroatoms. The molecular weight excluding hydrogens is 186 g/mol. The van der Waals surface area contributed by atoms with Crippen LogP contribution < -0.4 is 5.73 Å². The van der Waals surface area contributed by atoms with Gasteiger partial charge >= 0.3 is 0 Å². The van der Waals surface area contributed by atoms with Gasteiger partial charge in [0, 0.05) is 17.8 Å². The number of nitrogens with zero attached hydrogens (tertiary/aromatic N) is 2. The second-order valence-corrected chi connectivity index (χ2v) is 3.88. The van der Waals surface area contributed by atoms with E-state index in [4.69, 9.17) is 5.73 Å². The zero-order valence-electron chi connectivity index (χ0n) is 9.33. The van der Waals surface area contributed by atoms with E-state index in [-0.39, 0.29) is 0 Å². The van der Waals surface area contributed by atoms with E-state index in [2.05, 4.69) is 35.4 Å². The molecule has 2 aromatic heterocycles. The van der Waals surface area contributed by atoms with Crippen molar-refractivity contribution in [2.24, 2.45) is 5.73 Å². The minimum absolute atomic E-state index is 0.504. The van der Waals surface area contributed by atoms with Crippen LogP contribution in [0.15, 0.2) is 18.5 Å². The lowest BCUT2D eigenvalue weighted by Gasteiger charge is -2.00. The molecule has 0 fully saturated rings. The Hall–Kier alpha value is -1.35. The molecule has 0 amide bonds. The van der Waals surface area contributed by atoms with Crippen LogP contribution in [0.25, 0.3) is 5.52 Å². The molecule has 15 heavy (non-hydrogen) atoms. The first-order valence-electron chi connectivity index (χ1n) is 5.41. The van der Waals surface area contributed by atoms with Gasteiger partial charge in [-0.2, -0.15) is 0 Å². The number of hydrogen-bond acceptors (Lipinski definition) is 2. The maximum absolute atomic E-state index is 5.57. The molecule has 80 valence electrons. The first kappa shape index (κ1) is 10.2. The van der Waals surface area contributed by atoms with Gasteiger partial charge in [-0.05, 0) is 31.0 Å². The number of rotatable bonds is 3. The van der Waals surface area contributed by atoms with E-state index < -0.39 is 0 Å². The fourth-order valence-corrected chi connectivity index (χ4v) is 1.94. The van der Waals surface area contributed by atoms with Crippen molar-refractivity contribution in [1.29, 1.82) is 0 Å². The highest BCUT2D eigenvalue weighted by atomic mass is 15.0. The first-order chi connectivity index (χ1) is 7.26. The molecule has 2 aromatic rings. The third-order valence-electron chi connectivity index (χ3n) is 2.81. The Balaban J connectivity index is 2.55. The molecular formula is C12H17N3. The van der Waals surface area contributed by atoms with Gasteiger partial charge < -0.3 is 10.1 Å². The molecule has 2 N–H and O–H groups in total. The van der Waals surface area contributed by atoms with Gasteiger partial charge in [-0.1, -0.05) is 13.3 Å². The van der Waals surface area contributed by atoms with Crippen LogP contribution in [0.1, 0.15) is 30.3 Å². The molecule has 0 unspecified atom stereocenters. The van der Waals surface area contributed by atoms with Gasteiger partial charge in [0.2, 0.25) is 0 Å². The van der Waals surface area contributed by atoms with Crippen LogP contribution in [0.3, 0.4) is 0 Å². The molecule has 0 radical (unpaired) electrons. The summed E-state index contributed by atoms with van der Waals surface area (Å²) in [6.45, 7) is 4.84. The predicted octanol–water partition coefficient (Wildman–Crippen LogP) is 2.05. The number of fused-ring (bicyclic) bond motifs is 1. The summed E-state index contributed by atoms with van der Waals surface area (Å²) in [5.41, 5.74) is 10.4. The van der Waals surface area contributed by atoms with Crippen LogP contribution in [-0.4, -0.2) is 9.38 Å². The van der Waals surface area contributed by atoms with Crippen LogP contribution >= 0.6 is 0 Å². The average Bonchev–Trinajstić information content (AvgIpc) is 2.56. The van der Waals surface area contributed by atoms with E-state index in [1.165, 1.54) is 23.2 Å². The van der Waals surface area contributed by atoms with Gasteiger partial charge in [0.05, 0.1) is 12.0 Å². The summed E-state index contributed by atoms with van der Waals surface area (Å²) in [7, 11) is 0. The van der Waals surface area contributed by atoms with Crippen molar-refractivity contribution in [3.63, 3.8) is 0 Å². The van der Waals surface area contributed by atoms with Crippen molar-refractivity contribution >= 4 is 5.52 Å². The predicted molar refractivity (Wildman–Crippen MR) is 61.8 cm³/mol. The minimum atomic E-state index is 0.504. The Kier molecular flexibility index (Phi) is 2.73. The van der Waals surface area contributed by atoms with E-state index >= 15 is 0 Å². The molecule has 0 aliphatic carbocycles. The maximum atomic E-state index is 5.57. The standard InChI is InChI=1S/C12H17N3/c1-3-4-10-5-12-6-11(7-13)14-8-15(12)9(10)2/h5-6,8H,3-4,7,13H2,1-2H3. The third kappa shape index (κ3) is 1.75. The third-order valence-corrected chi connectivity index (χ3v) is 2.81. The maximum Gasteiger partial charge on any atom is 0.0996 e. The molecule has 0 bridgehead atoms. The summed E-state index contributed by atoms with van der Waals surface area (Å²) in [6.07, 6.45) is 4.17. The van der Waals surface area contributed by atoms with Crippen LogP contribution in [-0.2, 0) is 13.0 Å². The number of hydrogen-bond donors (Lipinski definition) is 1. The fraction of sp³-hybridized carbons (Fsp3) is 0.417. The Morgan fingerprint density at radius 2 is 2.20 bits per heavy atom. The van der Waals surface area contributed by atoms with Crippen LogP contribution in [0.4, 0.5) is 0 Å². The first-order valence-corrected chi connectivity index (χ1v) is 5.41. The molecule has 0 aliphatic rings. The van der Waals surface area contributed by atoms with Crippen molar-refractivity contribution in [3.05, 3.63) is 35.4 Å². The van der Waals surface area contributed by atoms with Gasteiger partial charge in [0.15, 0.2) is 0 Å². The Bertz CT molecular complexity index is 471. The SMILES string of the molecule is CCCc1cc2cc(CN)ncn2c1C. The zero-order chi connectivity index (χ0) is 10.8. The molecule has 0 saturated heterocycles. The van der Waals surface area contributed by atoms with Gasteiger partial charge in [0.25, 0.3) is 0 Å². The van der Waals surface area contributed by atoms with E-state index in [9.17, 15) is 0 Å². The Morgan fingerprint density at radius 1 is 1.40 bits per heavy atom. The number of aryl methyl sites for hydroxylation is 2. The van der Waals surface area contributed by atoms with Crippen LogP contribution in [0, 0.1) is 6.92 Å². The highest BCUT2D eigenvalue weighted by Crippen LogP contribution is 2.17. The Morgan fingerprint density at radius 3 is 2.87 bits per heavy atom. The summed E-state index contributed by atoms with van der Waals surface area (Å²) in [5.74, 6) is 0. The summed E-state index contributed by atoms with van der Waals surface area (Å²) >= 11 is 0. The highest BCUT2D eigenvalue weighted by molar-refractivity contribution is 5.53. The topological polar surface area (TPSA) is 43.3 Å². The molecule has 2 rings (SSSR count). The molecule has 2 heterocycles. The summed E-state index contributed by atoms with van der Waals surface area (Å²) < 4.78 is 2.13. The number of nitrogens with two attached hydrogens (primary N) is 1. The second-order valence-electron chi connectivity index (χ2n) is 3.88. The Labute approximate surface area is 89.9 Å². The van der Waals surface area contributed by atoms with Gasteiger partial charge in [-0.3, -0.25) is 0 Å². The lowest BCUT2D eigenvalue weighted by atomic mass is 10.1. The smallest absolute Gasteiger partial charge is 0.0996 e. The molecule has 0 spiro atoms. The molecule has 3 nitrogen and oxygen atoms in total. The summed E-state index contributed by atoms with van der Waals surface area (Å²) in [4.78, 5) is 4.30. The van der Waals surface area contributed by atoms with Crippen molar-refractivity contribution in [1.82, 2.24) is 9.38 Å². The van der Waals surface area contributed by atoms with Crippen LogP contribution in [0.2, 0.25) is 0 Å². The van der Waals surface area contributed by atoms with Crippen LogP contribution in [0.5, 0.6) is 0 Å². The molecule has 0 saturated carbocycles. The molecule has 0 aliphatic heterocycles. The van der Waals surface area contributed by atoms with Crippen molar-refractivity contribution in [2.75, 3.05) is 0 Å². The zero-order valence-corrected chi connectivity index (χ0v) is 9.33. The molecule has 0 aromatic carbocycles. The minimum Gasteiger partial charge on any atom is -0.325 e. The van der Waals surface area contributed by atoms with Gasteiger partial charge in [-0.15, -0.1) is 0 Å². The second kappa shape index (κ2) is 4.03. The van der Waals surface area contributed by atoms with E-state index in [0.29, 0.717) is 6.54 Å². The normalized spacial score (nSPS) is 11.1. The van der Waals surface area contributed by atoms with E-state index in [0.717, 1.165) is 12.1 Å². The number of aromatic nitrogens is 2. The van der Waals surface area contributed by atoms with E-state index in [1.807, 2.05) is 6.33 Å². The van der Waals surface area contributed by atoms with Gasteiger partial charge in [-0.25, -0.2) is 4.98 Å². The lowest BCUT2D eigenvalue weighted by molar-refractivity contribution is 0.895. The highest BCUT2D eigenvalue weighted by Gasteiger charge is 2.05. The summed E-state index contributed by atoms with van der Waals surface area (Å²) in [6, 6.07) is 4.30. The van der Waals surface area contributed by atoms with E-state index in [1.54, 1.807) is 0 Å². The monoisotopic (exact) mass is 203 g/mol. The lowest BCUT2D eigenvalue weighted by Crippen LogP contribution is -2.01. The fourth-order valence-electron chi connectivity index (χ4n) is 1.94. The quantitative estimate of drug-likeness (QED) is 0.829.